The molecule has 3 atom stereocenters. The summed E-state index contributed by atoms with van der Waals surface area (Å²) in [5, 5.41) is 13.3. The van der Waals surface area contributed by atoms with E-state index in [1.807, 2.05) is 0 Å². The van der Waals surface area contributed by atoms with Gasteiger partial charge in [-0.25, -0.2) is 0 Å². The van der Waals surface area contributed by atoms with E-state index in [1.165, 1.54) is 44.9 Å². The van der Waals surface area contributed by atoms with E-state index >= 15 is 0 Å². The van der Waals surface area contributed by atoms with Crippen LogP contribution in [0.5, 0.6) is 0 Å². The lowest BCUT2D eigenvalue weighted by Gasteiger charge is -2.16. The third-order valence-corrected chi connectivity index (χ3v) is 4.02. The number of aliphatic hydroxyl groups is 1. The van der Waals surface area contributed by atoms with Crippen molar-refractivity contribution in [1.82, 2.24) is 5.32 Å². The lowest BCUT2D eigenvalue weighted by atomic mass is 10.2. The SMILES string of the molecule is CCCC1CC1NCC(O)COC1CCCC1. The molecular weight excluding hydrogens is 214 g/mol. The first-order valence-electron chi connectivity index (χ1n) is 7.32. The molecule has 0 heterocycles. The van der Waals surface area contributed by atoms with Gasteiger partial charge in [0.25, 0.3) is 0 Å². The largest absolute Gasteiger partial charge is 0.389 e. The summed E-state index contributed by atoms with van der Waals surface area (Å²) in [4.78, 5) is 0. The van der Waals surface area contributed by atoms with Gasteiger partial charge in [0, 0.05) is 12.6 Å². The van der Waals surface area contributed by atoms with E-state index < -0.39 is 0 Å². The minimum atomic E-state index is -0.335. The third kappa shape index (κ3) is 4.57. The average molecular weight is 241 g/mol. The second-order valence-corrected chi connectivity index (χ2v) is 5.69. The topological polar surface area (TPSA) is 41.5 Å². The summed E-state index contributed by atoms with van der Waals surface area (Å²) < 4.78 is 5.70. The molecular formula is C14H27NO2. The minimum Gasteiger partial charge on any atom is -0.389 e. The van der Waals surface area contributed by atoms with Crippen LogP contribution in [-0.2, 0) is 4.74 Å². The van der Waals surface area contributed by atoms with E-state index in [2.05, 4.69) is 12.2 Å². The highest BCUT2D eigenvalue weighted by molar-refractivity contribution is 4.92. The first-order valence-corrected chi connectivity index (χ1v) is 7.32. The first-order chi connectivity index (χ1) is 8.29. The summed E-state index contributed by atoms with van der Waals surface area (Å²) in [5.74, 6) is 0.864. The number of rotatable bonds is 8. The quantitative estimate of drug-likeness (QED) is 0.683. The van der Waals surface area contributed by atoms with E-state index in [0.29, 0.717) is 25.3 Å². The molecule has 3 heteroatoms. The molecule has 0 aromatic rings. The molecule has 100 valence electrons. The molecule has 2 rings (SSSR count). The van der Waals surface area contributed by atoms with Gasteiger partial charge in [0.1, 0.15) is 0 Å². The van der Waals surface area contributed by atoms with Crippen molar-refractivity contribution >= 4 is 0 Å². The standard InChI is InChI=1S/C14H27NO2/c1-2-5-11-8-14(11)15-9-12(16)10-17-13-6-3-4-7-13/h11-16H,2-10H2,1H3. The molecule has 0 radical (unpaired) electrons. The van der Waals surface area contributed by atoms with Crippen LogP contribution in [0.1, 0.15) is 51.9 Å². The second kappa shape index (κ2) is 6.72. The number of ether oxygens (including phenoxy) is 1. The smallest absolute Gasteiger partial charge is 0.0897 e. The van der Waals surface area contributed by atoms with Crippen LogP contribution in [-0.4, -0.2) is 36.5 Å². The highest BCUT2D eigenvalue weighted by atomic mass is 16.5. The fourth-order valence-electron chi connectivity index (χ4n) is 2.84. The highest BCUT2D eigenvalue weighted by Gasteiger charge is 2.35. The Bertz CT molecular complexity index is 216. The Morgan fingerprint density at radius 1 is 1.35 bits per heavy atom. The van der Waals surface area contributed by atoms with Gasteiger partial charge in [-0.15, -0.1) is 0 Å². The maximum Gasteiger partial charge on any atom is 0.0897 e. The van der Waals surface area contributed by atoms with Crippen LogP contribution in [0.15, 0.2) is 0 Å². The van der Waals surface area contributed by atoms with Crippen LogP contribution < -0.4 is 5.32 Å². The fraction of sp³-hybridized carbons (Fsp3) is 1.00. The Kier molecular flexibility index (Phi) is 5.26. The first kappa shape index (κ1) is 13.3. The molecule has 2 saturated carbocycles. The predicted octanol–water partition coefficient (Wildman–Crippen LogP) is 2.08. The Balaban J connectivity index is 1.48. The minimum absolute atomic E-state index is 0.335. The van der Waals surface area contributed by atoms with Crippen LogP contribution in [0.25, 0.3) is 0 Å². The summed E-state index contributed by atoms with van der Waals surface area (Å²) in [6.07, 6.45) is 8.92. The second-order valence-electron chi connectivity index (χ2n) is 5.69. The molecule has 2 N–H and O–H groups in total. The summed E-state index contributed by atoms with van der Waals surface area (Å²) in [7, 11) is 0. The number of hydrogen-bond acceptors (Lipinski definition) is 3. The summed E-state index contributed by atoms with van der Waals surface area (Å²) in [6, 6.07) is 0.663. The van der Waals surface area contributed by atoms with Gasteiger partial charge in [-0.3, -0.25) is 0 Å². The summed E-state index contributed by atoms with van der Waals surface area (Å²) in [6.45, 7) is 3.43. The monoisotopic (exact) mass is 241 g/mol. The molecule has 0 bridgehead atoms. The van der Waals surface area contributed by atoms with Crippen LogP contribution in [0, 0.1) is 5.92 Å². The van der Waals surface area contributed by atoms with Gasteiger partial charge in [-0.2, -0.15) is 0 Å². The number of aliphatic hydroxyl groups excluding tert-OH is 1. The molecule has 0 saturated heterocycles. The molecule has 3 nitrogen and oxygen atoms in total. The van der Waals surface area contributed by atoms with Crippen molar-refractivity contribution in [3.05, 3.63) is 0 Å². The highest BCUT2D eigenvalue weighted by Crippen LogP contribution is 2.34. The van der Waals surface area contributed by atoms with Gasteiger partial charge in [0.2, 0.25) is 0 Å². The van der Waals surface area contributed by atoms with Crippen molar-refractivity contribution in [2.45, 2.75) is 70.1 Å². The zero-order valence-corrected chi connectivity index (χ0v) is 11.0. The van der Waals surface area contributed by atoms with Gasteiger partial charge in [0.05, 0.1) is 18.8 Å². The Morgan fingerprint density at radius 2 is 2.12 bits per heavy atom. The van der Waals surface area contributed by atoms with Crippen LogP contribution >= 0.6 is 0 Å². The molecule has 0 spiro atoms. The van der Waals surface area contributed by atoms with E-state index in [9.17, 15) is 5.11 Å². The molecule has 0 aromatic carbocycles. The molecule has 2 aliphatic rings. The maximum atomic E-state index is 9.81. The van der Waals surface area contributed by atoms with Crippen molar-refractivity contribution in [3.63, 3.8) is 0 Å². The van der Waals surface area contributed by atoms with E-state index in [1.54, 1.807) is 0 Å². The van der Waals surface area contributed by atoms with Gasteiger partial charge in [-0.1, -0.05) is 26.2 Å². The van der Waals surface area contributed by atoms with Gasteiger partial charge < -0.3 is 15.2 Å². The normalized spacial score (nSPS) is 30.7. The number of nitrogens with one attached hydrogen (secondary N) is 1. The molecule has 2 aliphatic carbocycles. The Labute approximate surface area is 105 Å². The predicted molar refractivity (Wildman–Crippen MR) is 69.0 cm³/mol. The van der Waals surface area contributed by atoms with Gasteiger partial charge in [-0.05, 0) is 31.6 Å². The molecule has 2 fully saturated rings. The summed E-state index contributed by atoms with van der Waals surface area (Å²) in [5.41, 5.74) is 0. The zero-order valence-electron chi connectivity index (χ0n) is 11.0. The molecule has 0 aliphatic heterocycles. The Hall–Kier alpha value is -0.120. The zero-order chi connectivity index (χ0) is 12.1. The lowest BCUT2D eigenvalue weighted by molar-refractivity contribution is -0.00560. The van der Waals surface area contributed by atoms with Crippen molar-refractivity contribution in [2.75, 3.05) is 13.2 Å². The Morgan fingerprint density at radius 3 is 2.82 bits per heavy atom. The molecule has 0 amide bonds. The lowest BCUT2D eigenvalue weighted by Crippen LogP contribution is -2.33. The van der Waals surface area contributed by atoms with Crippen LogP contribution in [0.2, 0.25) is 0 Å². The van der Waals surface area contributed by atoms with E-state index in [4.69, 9.17) is 4.74 Å². The van der Waals surface area contributed by atoms with Gasteiger partial charge in [0.15, 0.2) is 0 Å². The molecule has 17 heavy (non-hydrogen) atoms. The number of hydrogen-bond donors (Lipinski definition) is 2. The van der Waals surface area contributed by atoms with Crippen molar-refractivity contribution in [2.24, 2.45) is 5.92 Å². The van der Waals surface area contributed by atoms with E-state index in [-0.39, 0.29) is 6.10 Å². The average Bonchev–Trinajstić information content (AvgIpc) is 2.86. The molecule has 3 unspecified atom stereocenters. The molecule has 0 aromatic heterocycles. The maximum absolute atomic E-state index is 9.81. The van der Waals surface area contributed by atoms with E-state index in [0.717, 1.165) is 5.92 Å². The fourth-order valence-corrected chi connectivity index (χ4v) is 2.84. The van der Waals surface area contributed by atoms with Crippen molar-refractivity contribution in [1.29, 1.82) is 0 Å². The van der Waals surface area contributed by atoms with Crippen LogP contribution in [0.3, 0.4) is 0 Å². The van der Waals surface area contributed by atoms with Crippen molar-refractivity contribution < 1.29 is 9.84 Å². The summed E-state index contributed by atoms with van der Waals surface area (Å²) >= 11 is 0. The van der Waals surface area contributed by atoms with Crippen molar-refractivity contribution in [3.8, 4) is 0 Å². The van der Waals surface area contributed by atoms with Crippen LogP contribution in [0.4, 0.5) is 0 Å². The third-order valence-electron chi connectivity index (χ3n) is 4.02. The van der Waals surface area contributed by atoms with Gasteiger partial charge >= 0.3 is 0 Å².